The number of ether oxygens (including phenoxy) is 2. The maximum absolute atomic E-state index is 15.5. The topological polar surface area (TPSA) is 144 Å². The standard InChI is InChI=1S/C23H19ClFN3O6/c1-33-14-7-5-11(21(26)30)16(19(14)25)17-12(24)6-8-13-18(17)20(29)23(34-13,10-28-22(31)32)15-4-2-3-9-27-15/h2-9,20,28-29H,10H2,1H3,(H2,26,30)(H,31,32)/t20-,23+/m1/s1. The molecule has 4 rings (SSSR count). The number of nitrogens with one attached hydrogen (secondary N) is 1. The van der Waals surface area contributed by atoms with Crippen LogP contribution in [0.5, 0.6) is 11.5 Å². The van der Waals surface area contributed by atoms with E-state index in [1.807, 2.05) is 0 Å². The van der Waals surface area contributed by atoms with Crippen LogP contribution in [0.3, 0.4) is 0 Å². The van der Waals surface area contributed by atoms with Gasteiger partial charge in [0.15, 0.2) is 17.2 Å². The molecule has 0 aliphatic carbocycles. The molecule has 0 unspecified atom stereocenters. The van der Waals surface area contributed by atoms with E-state index < -0.39 is 36.1 Å². The van der Waals surface area contributed by atoms with Crippen LogP contribution >= 0.6 is 11.6 Å². The molecule has 1 aliphatic rings. The predicted molar refractivity (Wildman–Crippen MR) is 119 cm³/mol. The first-order chi connectivity index (χ1) is 16.2. The molecule has 0 fully saturated rings. The number of rotatable bonds is 6. The summed E-state index contributed by atoms with van der Waals surface area (Å²) in [5, 5.41) is 23.0. The average Bonchev–Trinajstić information content (AvgIpc) is 3.11. The second-order valence-corrected chi connectivity index (χ2v) is 7.88. The van der Waals surface area contributed by atoms with E-state index >= 15 is 4.39 Å². The van der Waals surface area contributed by atoms with Gasteiger partial charge in [0.25, 0.3) is 0 Å². The van der Waals surface area contributed by atoms with Gasteiger partial charge in [0.05, 0.1) is 24.9 Å². The lowest BCUT2D eigenvalue weighted by molar-refractivity contribution is -0.0337. The summed E-state index contributed by atoms with van der Waals surface area (Å²) in [4.78, 5) is 27.7. The molecule has 2 atom stereocenters. The Morgan fingerprint density at radius 1 is 1.26 bits per heavy atom. The fraction of sp³-hybridized carbons (Fsp3) is 0.174. The minimum Gasteiger partial charge on any atom is -0.494 e. The smallest absolute Gasteiger partial charge is 0.404 e. The van der Waals surface area contributed by atoms with E-state index in [4.69, 9.17) is 26.8 Å². The van der Waals surface area contributed by atoms with Crippen LogP contribution in [0.1, 0.15) is 27.7 Å². The lowest BCUT2D eigenvalue weighted by Crippen LogP contribution is -2.46. The summed E-state index contributed by atoms with van der Waals surface area (Å²) in [6.45, 7) is -0.393. The molecule has 0 bridgehead atoms. The number of carbonyl (C=O) groups excluding carboxylic acids is 1. The maximum Gasteiger partial charge on any atom is 0.404 e. The molecule has 0 saturated heterocycles. The maximum atomic E-state index is 15.5. The molecule has 5 N–H and O–H groups in total. The predicted octanol–water partition coefficient (Wildman–Crippen LogP) is 3.24. The molecule has 0 saturated carbocycles. The van der Waals surface area contributed by atoms with Gasteiger partial charge in [0.1, 0.15) is 11.9 Å². The minimum atomic E-state index is -1.70. The molecule has 1 aromatic heterocycles. The number of aliphatic hydroxyl groups excluding tert-OH is 1. The highest BCUT2D eigenvalue weighted by molar-refractivity contribution is 6.34. The summed E-state index contributed by atoms with van der Waals surface area (Å²) in [6, 6.07) is 10.2. The number of aliphatic hydroxyl groups is 1. The quantitative estimate of drug-likeness (QED) is 0.417. The molecule has 3 aromatic rings. The largest absolute Gasteiger partial charge is 0.494 e. The number of methoxy groups -OCH3 is 1. The van der Waals surface area contributed by atoms with Gasteiger partial charge in [-0.15, -0.1) is 0 Å². The van der Waals surface area contributed by atoms with Gasteiger partial charge in [-0.3, -0.25) is 9.78 Å². The van der Waals surface area contributed by atoms with E-state index in [0.29, 0.717) is 0 Å². The Bertz CT molecular complexity index is 1290. The third-order valence-corrected chi connectivity index (χ3v) is 5.92. The van der Waals surface area contributed by atoms with Crippen LogP contribution in [-0.2, 0) is 5.60 Å². The number of carbonyl (C=O) groups is 2. The van der Waals surface area contributed by atoms with Crippen molar-refractivity contribution in [3.8, 4) is 22.6 Å². The third kappa shape index (κ3) is 3.66. The van der Waals surface area contributed by atoms with Crippen molar-refractivity contribution in [3.63, 3.8) is 0 Å². The summed E-state index contributed by atoms with van der Waals surface area (Å²) in [6.07, 6.45) is -1.46. The molecule has 9 nitrogen and oxygen atoms in total. The average molecular weight is 488 g/mol. The van der Waals surface area contributed by atoms with E-state index in [9.17, 15) is 19.8 Å². The van der Waals surface area contributed by atoms with Gasteiger partial charge in [0, 0.05) is 27.9 Å². The molecule has 2 amide bonds. The molecular formula is C23H19ClFN3O6. The number of pyridine rings is 1. The number of halogens is 2. The number of nitrogens with zero attached hydrogens (tertiary/aromatic N) is 1. The Balaban J connectivity index is 2.00. The van der Waals surface area contributed by atoms with Gasteiger partial charge >= 0.3 is 6.09 Å². The van der Waals surface area contributed by atoms with Crippen molar-refractivity contribution in [3.05, 3.63) is 76.3 Å². The fourth-order valence-corrected chi connectivity index (χ4v) is 4.33. The van der Waals surface area contributed by atoms with Crippen molar-refractivity contribution in [2.75, 3.05) is 13.7 Å². The summed E-state index contributed by atoms with van der Waals surface area (Å²) in [7, 11) is 1.25. The van der Waals surface area contributed by atoms with Crippen LogP contribution in [0.15, 0.2) is 48.7 Å². The molecule has 11 heteroatoms. The Morgan fingerprint density at radius 2 is 2.03 bits per heavy atom. The molecule has 2 aromatic carbocycles. The molecular weight excluding hydrogens is 469 g/mol. The highest BCUT2D eigenvalue weighted by Gasteiger charge is 2.52. The van der Waals surface area contributed by atoms with Gasteiger partial charge in [-0.05, 0) is 36.4 Å². The molecule has 2 heterocycles. The third-order valence-electron chi connectivity index (χ3n) is 5.60. The highest BCUT2D eigenvalue weighted by atomic mass is 35.5. The molecule has 34 heavy (non-hydrogen) atoms. The monoisotopic (exact) mass is 487 g/mol. The van der Waals surface area contributed by atoms with Crippen LogP contribution in [-0.4, -0.2) is 40.9 Å². The van der Waals surface area contributed by atoms with Crippen LogP contribution in [0.25, 0.3) is 11.1 Å². The second kappa shape index (κ2) is 8.81. The zero-order valence-corrected chi connectivity index (χ0v) is 18.5. The molecule has 0 spiro atoms. The van der Waals surface area contributed by atoms with Crippen molar-refractivity contribution in [1.82, 2.24) is 10.3 Å². The molecule has 0 radical (unpaired) electrons. The normalized spacial score (nSPS) is 18.6. The van der Waals surface area contributed by atoms with Crippen LogP contribution < -0.4 is 20.5 Å². The van der Waals surface area contributed by atoms with Crippen LogP contribution in [0.2, 0.25) is 5.02 Å². The number of nitrogens with two attached hydrogens (primary N) is 1. The summed E-state index contributed by atoms with van der Waals surface area (Å²) >= 11 is 6.47. The summed E-state index contributed by atoms with van der Waals surface area (Å²) < 4.78 is 26.7. The Kier molecular flexibility index (Phi) is 6.03. The van der Waals surface area contributed by atoms with Gasteiger partial charge < -0.3 is 30.7 Å². The summed E-state index contributed by atoms with van der Waals surface area (Å²) in [5.74, 6) is -1.92. The zero-order chi connectivity index (χ0) is 24.6. The van der Waals surface area contributed by atoms with E-state index in [-0.39, 0.29) is 44.5 Å². The van der Waals surface area contributed by atoms with Gasteiger partial charge in [-0.25, -0.2) is 9.18 Å². The van der Waals surface area contributed by atoms with Crippen molar-refractivity contribution in [1.29, 1.82) is 0 Å². The van der Waals surface area contributed by atoms with E-state index in [1.165, 1.54) is 37.6 Å². The van der Waals surface area contributed by atoms with Crippen molar-refractivity contribution >= 4 is 23.6 Å². The number of fused-ring (bicyclic) bond motifs is 1. The SMILES string of the molecule is COc1ccc(C(N)=O)c(-c2c(Cl)ccc3c2[C@@H](O)[C@](CNC(=O)O)(c2ccccn2)O3)c1F. The van der Waals surface area contributed by atoms with E-state index in [0.717, 1.165) is 0 Å². The Hall–Kier alpha value is -3.89. The van der Waals surface area contributed by atoms with E-state index in [2.05, 4.69) is 10.3 Å². The first kappa shape index (κ1) is 23.3. The van der Waals surface area contributed by atoms with Crippen molar-refractivity contribution in [2.45, 2.75) is 11.7 Å². The first-order valence-electron chi connectivity index (χ1n) is 9.95. The molecule has 176 valence electrons. The van der Waals surface area contributed by atoms with Crippen molar-refractivity contribution in [2.24, 2.45) is 5.73 Å². The first-order valence-corrected chi connectivity index (χ1v) is 10.3. The van der Waals surface area contributed by atoms with Gasteiger partial charge in [-0.2, -0.15) is 0 Å². The number of hydrogen-bond donors (Lipinski definition) is 4. The number of amides is 2. The highest BCUT2D eigenvalue weighted by Crippen LogP contribution is 2.54. The fourth-order valence-electron chi connectivity index (χ4n) is 4.07. The zero-order valence-electron chi connectivity index (χ0n) is 17.7. The minimum absolute atomic E-state index is 0.000863. The lowest BCUT2D eigenvalue weighted by Gasteiger charge is -2.31. The summed E-state index contributed by atoms with van der Waals surface area (Å²) in [5.41, 5.74) is 3.54. The van der Waals surface area contributed by atoms with Crippen molar-refractivity contribution < 1.29 is 33.7 Å². The lowest BCUT2D eigenvalue weighted by atomic mass is 9.85. The number of benzene rings is 2. The molecule has 1 aliphatic heterocycles. The van der Waals surface area contributed by atoms with E-state index in [1.54, 1.807) is 18.2 Å². The van der Waals surface area contributed by atoms with Gasteiger partial charge in [0.2, 0.25) is 5.91 Å². The number of hydrogen-bond acceptors (Lipinski definition) is 6. The number of aromatic nitrogens is 1. The second-order valence-electron chi connectivity index (χ2n) is 7.47. The number of carboxylic acid groups (broad SMARTS) is 1. The van der Waals surface area contributed by atoms with Crippen LogP contribution in [0.4, 0.5) is 9.18 Å². The van der Waals surface area contributed by atoms with Crippen LogP contribution in [0, 0.1) is 5.82 Å². The Morgan fingerprint density at radius 3 is 2.65 bits per heavy atom. The number of primary amides is 1. The van der Waals surface area contributed by atoms with Gasteiger partial charge in [-0.1, -0.05) is 17.7 Å². The Labute approximate surface area is 197 Å².